The molecule has 1 saturated heterocycles. The summed E-state index contributed by atoms with van der Waals surface area (Å²) in [4.78, 5) is 25.6. The lowest BCUT2D eigenvalue weighted by Gasteiger charge is -2.38. The third-order valence-electron chi connectivity index (χ3n) is 5.00. The van der Waals surface area contributed by atoms with E-state index in [2.05, 4.69) is 5.32 Å². The lowest BCUT2D eigenvalue weighted by molar-refractivity contribution is -0.121. The summed E-state index contributed by atoms with van der Waals surface area (Å²) < 4.78 is 28.1. The first kappa shape index (κ1) is 22.3. The van der Waals surface area contributed by atoms with Crippen LogP contribution in [0.1, 0.15) is 31.1 Å². The Balaban J connectivity index is 1.93. The Hall–Kier alpha value is -2.01. The van der Waals surface area contributed by atoms with Crippen molar-refractivity contribution >= 4 is 27.7 Å². The summed E-state index contributed by atoms with van der Waals surface area (Å²) in [6, 6.07) is 5.95. The molecule has 28 heavy (non-hydrogen) atoms. The van der Waals surface area contributed by atoms with Crippen molar-refractivity contribution in [3.63, 3.8) is 0 Å². The second-order valence-corrected chi connectivity index (χ2v) is 8.56. The molecule has 2 rings (SSSR count). The van der Waals surface area contributed by atoms with Gasteiger partial charge in [-0.3, -0.25) is 14.5 Å². The van der Waals surface area contributed by atoms with Crippen molar-refractivity contribution in [3.05, 3.63) is 29.8 Å². The summed E-state index contributed by atoms with van der Waals surface area (Å²) in [6.07, 6.45) is 0. The van der Waals surface area contributed by atoms with Crippen LogP contribution in [0.2, 0.25) is 0 Å². The van der Waals surface area contributed by atoms with Crippen molar-refractivity contribution in [2.45, 2.75) is 26.8 Å². The van der Waals surface area contributed by atoms with Gasteiger partial charge in [-0.1, -0.05) is 13.8 Å². The van der Waals surface area contributed by atoms with Crippen LogP contribution in [0.3, 0.4) is 0 Å². The van der Waals surface area contributed by atoms with Gasteiger partial charge < -0.3 is 11.1 Å². The third kappa shape index (κ3) is 5.07. The number of nitrogens with zero attached hydrogens (tertiary/aromatic N) is 3. The number of amides is 2. The number of hydrogen-bond acceptors (Lipinski definition) is 5. The minimum atomic E-state index is -3.45. The minimum Gasteiger partial charge on any atom is -0.366 e. The Morgan fingerprint density at radius 3 is 2.11 bits per heavy atom. The zero-order valence-corrected chi connectivity index (χ0v) is 17.4. The molecule has 1 aliphatic heterocycles. The van der Waals surface area contributed by atoms with Gasteiger partial charge in [-0.2, -0.15) is 17.0 Å². The van der Waals surface area contributed by atoms with Crippen molar-refractivity contribution < 1.29 is 18.0 Å². The average molecular weight is 412 g/mol. The van der Waals surface area contributed by atoms with E-state index in [1.165, 1.54) is 8.61 Å². The molecule has 0 saturated carbocycles. The van der Waals surface area contributed by atoms with Gasteiger partial charge in [0.15, 0.2) is 0 Å². The zero-order valence-electron chi connectivity index (χ0n) is 16.6. The minimum absolute atomic E-state index is 0.188. The molecule has 1 unspecified atom stereocenters. The molecule has 2 amide bonds. The van der Waals surface area contributed by atoms with E-state index in [1.807, 2.05) is 18.7 Å². The predicted octanol–water partition coefficient (Wildman–Crippen LogP) is 0.317. The van der Waals surface area contributed by atoms with E-state index < -0.39 is 22.2 Å². The lowest BCUT2D eigenvalue weighted by atomic mass is 10.2. The Labute approximate surface area is 166 Å². The molecule has 156 valence electrons. The van der Waals surface area contributed by atoms with E-state index in [0.717, 1.165) is 0 Å². The molecule has 1 atom stereocenters. The number of primary amides is 1. The second-order valence-electron chi connectivity index (χ2n) is 6.63. The summed E-state index contributed by atoms with van der Waals surface area (Å²) in [5.74, 6) is -0.712. The fourth-order valence-electron chi connectivity index (χ4n) is 3.17. The van der Waals surface area contributed by atoms with Gasteiger partial charge in [-0.25, -0.2) is 0 Å². The molecular formula is C18H29N5O4S. The highest BCUT2D eigenvalue weighted by atomic mass is 32.2. The highest BCUT2D eigenvalue weighted by Crippen LogP contribution is 2.15. The molecule has 1 aromatic rings. The third-order valence-corrected chi connectivity index (χ3v) is 7.18. The van der Waals surface area contributed by atoms with E-state index in [-0.39, 0.29) is 5.91 Å². The summed E-state index contributed by atoms with van der Waals surface area (Å²) in [5, 5.41) is 2.81. The van der Waals surface area contributed by atoms with E-state index >= 15 is 0 Å². The molecule has 0 bridgehead atoms. The van der Waals surface area contributed by atoms with E-state index in [0.29, 0.717) is 50.5 Å². The van der Waals surface area contributed by atoms with Crippen molar-refractivity contribution in [1.29, 1.82) is 0 Å². The first-order valence-corrected chi connectivity index (χ1v) is 10.8. The molecule has 10 heteroatoms. The van der Waals surface area contributed by atoms with Crippen molar-refractivity contribution in [2.75, 3.05) is 44.6 Å². The van der Waals surface area contributed by atoms with Crippen LogP contribution in [0.5, 0.6) is 0 Å². The largest absolute Gasteiger partial charge is 0.366 e. The van der Waals surface area contributed by atoms with Crippen LogP contribution in [0.4, 0.5) is 5.69 Å². The summed E-state index contributed by atoms with van der Waals surface area (Å²) in [5.41, 5.74) is 6.15. The van der Waals surface area contributed by atoms with Gasteiger partial charge >= 0.3 is 0 Å². The van der Waals surface area contributed by atoms with Crippen LogP contribution in [-0.4, -0.2) is 79.1 Å². The van der Waals surface area contributed by atoms with Crippen molar-refractivity contribution in [2.24, 2.45) is 5.73 Å². The number of piperazine rings is 1. The Morgan fingerprint density at radius 2 is 1.64 bits per heavy atom. The Kier molecular flexibility index (Phi) is 7.53. The highest BCUT2D eigenvalue weighted by Gasteiger charge is 2.33. The smallest absolute Gasteiger partial charge is 0.282 e. The molecule has 1 aromatic carbocycles. The maximum Gasteiger partial charge on any atom is 0.282 e. The van der Waals surface area contributed by atoms with Crippen LogP contribution < -0.4 is 11.1 Å². The number of anilines is 1. The van der Waals surface area contributed by atoms with Gasteiger partial charge in [0.2, 0.25) is 11.8 Å². The fraction of sp³-hybridized carbons (Fsp3) is 0.556. The topological polar surface area (TPSA) is 116 Å². The molecule has 1 fully saturated rings. The molecule has 3 N–H and O–H groups in total. The second kappa shape index (κ2) is 9.46. The number of rotatable bonds is 8. The molecule has 0 aliphatic carbocycles. The van der Waals surface area contributed by atoms with Crippen LogP contribution in [0, 0.1) is 0 Å². The Morgan fingerprint density at radius 1 is 1.11 bits per heavy atom. The number of carbonyl (C=O) groups excluding carboxylic acids is 2. The SMILES string of the molecule is CCN(CC)S(=O)(=O)N1CCN(C(C)C(=O)Nc2ccc(C(N)=O)cc2)CC1. The van der Waals surface area contributed by atoms with Gasteiger partial charge in [0.1, 0.15) is 0 Å². The normalized spacial score (nSPS) is 17.4. The summed E-state index contributed by atoms with van der Waals surface area (Å²) >= 11 is 0. The maximum atomic E-state index is 12.6. The lowest BCUT2D eigenvalue weighted by Crippen LogP contribution is -2.56. The fourth-order valence-corrected chi connectivity index (χ4v) is 4.77. The van der Waals surface area contributed by atoms with E-state index in [1.54, 1.807) is 31.2 Å². The van der Waals surface area contributed by atoms with E-state index in [4.69, 9.17) is 5.73 Å². The number of nitrogens with one attached hydrogen (secondary N) is 1. The number of benzene rings is 1. The molecule has 1 aliphatic rings. The van der Waals surface area contributed by atoms with Gasteiger partial charge in [0.25, 0.3) is 10.2 Å². The van der Waals surface area contributed by atoms with Gasteiger partial charge in [0, 0.05) is 50.5 Å². The number of nitrogens with two attached hydrogens (primary N) is 1. The quantitative estimate of drug-likeness (QED) is 0.639. The highest BCUT2D eigenvalue weighted by molar-refractivity contribution is 7.86. The number of carbonyl (C=O) groups is 2. The summed E-state index contributed by atoms with van der Waals surface area (Å²) in [6.45, 7) is 7.97. The zero-order chi connectivity index (χ0) is 20.9. The summed E-state index contributed by atoms with van der Waals surface area (Å²) in [7, 11) is -3.45. The van der Waals surface area contributed by atoms with Crippen molar-refractivity contribution in [1.82, 2.24) is 13.5 Å². The van der Waals surface area contributed by atoms with Gasteiger partial charge in [0.05, 0.1) is 6.04 Å². The van der Waals surface area contributed by atoms with E-state index in [9.17, 15) is 18.0 Å². The Bertz CT molecular complexity index is 785. The number of hydrogen-bond donors (Lipinski definition) is 2. The monoisotopic (exact) mass is 411 g/mol. The molecule has 0 aromatic heterocycles. The predicted molar refractivity (Wildman–Crippen MR) is 108 cm³/mol. The van der Waals surface area contributed by atoms with Crippen LogP contribution in [0.25, 0.3) is 0 Å². The van der Waals surface area contributed by atoms with Crippen LogP contribution in [-0.2, 0) is 15.0 Å². The van der Waals surface area contributed by atoms with Gasteiger partial charge in [-0.05, 0) is 31.2 Å². The first-order chi connectivity index (χ1) is 13.2. The molecule has 0 spiro atoms. The van der Waals surface area contributed by atoms with Crippen molar-refractivity contribution in [3.8, 4) is 0 Å². The molecule has 9 nitrogen and oxygen atoms in total. The standard InChI is InChI=1S/C18H29N5O4S/c1-4-22(5-2)28(26,27)23-12-10-21(11-13-23)14(3)18(25)20-16-8-6-15(7-9-16)17(19)24/h6-9,14H,4-5,10-13H2,1-3H3,(H2,19,24)(H,20,25). The molecule has 0 radical (unpaired) electrons. The molecular weight excluding hydrogens is 382 g/mol. The van der Waals surface area contributed by atoms with Gasteiger partial charge in [-0.15, -0.1) is 0 Å². The average Bonchev–Trinajstić information content (AvgIpc) is 2.68. The van der Waals surface area contributed by atoms with Crippen LogP contribution >= 0.6 is 0 Å². The van der Waals surface area contributed by atoms with Crippen LogP contribution in [0.15, 0.2) is 24.3 Å². The molecule has 1 heterocycles. The maximum absolute atomic E-state index is 12.6. The first-order valence-electron chi connectivity index (χ1n) is 9.40.